The highest BCUT2D eigenvalue weighted by molar-refractivity contribution is 7.99. The molecule has 0 aromatic carbocycles. The van der Waals surface area contributed by atoms with Crippen molar-refractivity contribution in [1.29, 1.82) is 0 Å². The molecule has 1 aromatic heterocycles. The van der Waals surface area contributed by atoms with E-state index in [4.69, 9.17) is 5.11 Å². The van der Waals surface area contributed by atoms with Crippen molar-refractivity contribution in [1.82, 2.24) is 19.8 Å². The van der Waals surface area contributed by atoms with E-state index in [0.717, 1.165) is 56.4 Å². The molecule has 1 amide bonds. The molecule has 7 heteroatoms. The third-order valence-corrected chi connectivity index (χ3v) is 6.37. The zero-order valence-electron chi connectivity index (χ0n) is 15.7. The Balaban J connectivity index is 1.51. The van der Waals surface area contributed by atoms with E-state index in [2.05, 4.69) is 21.8 Å². The van der Waals surface area contributed by atoms with Crippen LogP contribution in [0.5, 0.6) is 0 Å². The first-order chi connectivity index (χ1) is 12.6. The monoisotopic (exact) mass is 378 g/mol. The smallest absolute Gasteiger partial charge is 0.222 e. The molecule has 6 nitrogen and oxygen atoms in total. The minimum absolute atomic E-state index is 0.155. The van der Waals surface area contributed by atoms with Crippen LogP contribution in [0.4, 0.5) is 0 Å². The SMILES string of the molecule is CCSc1ncc(CN2CCC3(CCC(=O)N(CCCO)C3)CC2)cn1. The van der Waals surface area contributed by atoms with Crippen molar-refractivity contribution in [2.75, 3.05) is 38.5 Å². The molecule has 3 heterocycles. The summed E-state index contributed by atoms with van der Waals surface area (Å²) >= 11 is 1.67. The topological polar surface area (TPSA) is 69.6 Å². The Kier molecular flexibility index (Phi) is 6.89. The minimum Gasteiger partial charge on any atom is -0.396 e. The van der Waals surface area contributed by atoms with Crippen molar-refractivity contribution < 1.29 is 9.90 Å². The van der Waals surface area contributed by atoms with E-state index in [1.54, 1.807) is 11.8 Å². The first-order valence-electron chi connectivity index (χ1n) is 9.69. The molecule has 3 rings (SSSR count). The van der Waals surface area contributed by atoms with Crippen molar-refractivity contribution in [2.45, 2.75) is 50.7 Å². The molecule has 0 unspecified atom stereocenters. The minimum atomic E-state index is 0.155. The van der Waals surface area contributed by atoms with Crippen LogP contribution in [0.3, 0.4) is 0 Å². The summed E-state index contributed by atoms with van der Waals surface area (Å²) < 4.78 is 0. The average Bonchev–Trinajstić information content (AvgIpc) is 2.66. The fraction of sp³-hybridized carbons (Fsp3) is 0.737. The van der Waals surface area contributed by atoms with Crippen LogP contribution in [-0.4, -0.2) is 69.3 Å². The number of aliphatic hydroxyl groups is 1. The molecule has 2 aliphatic rings. The second kappa shape index (κ2) is 9.15. The van der Waals surface area contributed by atoms with Crippen molar-refractivity contribution in [3.05, 3.63) is 18.0 Å². The Morgan fingerprint density at radius 1 is 1.23 bits per heavy atom. The second-order valence-corrected chi connectivity index (χ2v) is 8.71. The number of hydrogen-bond acceptors (Lipinski definition) is 6. The molecule has 0 aliphatic carbocycles. The summed E-state index contributed by atoms with van der Waals surface area (Å²) in [5.74, 6) is 1.25. The van der Waals surface area contributed by atoms with Crippen LogP contribution >= 0.6 is 11.8 Å². The van der Waals surface area contributed by atoms with Gasteiger partial charge in [0.05, 0.1) is 0 Å². The number of nitrogens with zero attached hydrogens (tertiary/aromatic N) is 4. The van der Waals surface area contributed by atoms with E-state index in [0.29, 0.717) is 19.4 Å². The summed E-state index contributed by atoms with van der Waals surface area (Å²) in [4.78, 5) is 25.4. The van der Waals surface area contributed by atoms with Crippen molar-refractivity contribution in [3.8, 4) is 0 Å². The molecule has 2 fully saturated rings. The first kappa shape index (κ1) is 19.6. The summed E-state index contributed by atoms with van der Waals surface area (Å²) in [6.07, 6.45) is 8.54. The molecule has 144 valence electrons. The number of hydrogen-bond donors (Lipinski definition) is 1. The molecule has 2 saturated heterocycles. The molecule has 0 saturated carbocycles. The van der Waals surface area contributed by atoms with Crippen molar-refractivity contribution in [2.24, 2.45) is 5.41 Å². The van der Waals surface area contributed by atoms with E-state index in [-0.39, 0.29) is 17.9 Å². The van der Waals surface area contributed by atoms with E-state index < -0.39 is 0 Å². The lowest BCUT2D eigenvalue weighted by Crippen LogP contribution is -2.51. The van der Waals surface area contributed by atoms with Crippen LogP contribution in [0.2, 0.25) is 0 Å². The molecular formula is C19H30N4O2S. The molecule has 1 aromatic rings. The number of carbonyl (C=O) groups is 1. The lowest BCUT2D eigenvalue weighted by atomic mass is 9.72. The van der Waals surface area contributed by atoms with Gasteiger partial charge in [-0.1, -0.05) is 18.7 Å². The average molecular weight is 379 g/mol. The van der Waals surface area contributed by atoms with Crippen LogP contribution in [0.1, 0.15) is 44.6 Å². The van der Waals surface area contributed by atoms with Gasteiger partial charge in [-0.2, -0.15) is 0 Å². The van der Waals surface area contributed by atoms with Gasteiger partial charge in [0.2, 0.25) is 5.91 Å². The molecule has 1 spiro atoms. The number of likely N-dealkylation sites (tertiary alicyclic amines) is 2. The van der Waals surface area contributed by atoms with Gasteiger partial charge >= 0.3 is 0 Å². The number of thioether (sulfide) groups is 1. The normalized spacial score (nSPS) is 20.7. The summed E-state index contributed by atoms with van der Waals surface area (Å²) in [5.41, 5.74) is 1.45. The van der Waals surface area contributed by atoms with Crippen LogP contribution < -0.4 is 0 Å². The van der Waals surface area contributed by atoms with Gasteiger partial charge in [-0.3, -0.25) is 9.69 Å². The van der Waals surface area contributed by atoms with Gasteiger partial charge < -0.3 is 10.0 Å². The lowest BCUT2D eigenvalue weighted by molar-refractivity contribution is -0.139. The molecule has 0 atom stereocenters. The summed E-state index contributed by atoms with van der Waals surface area (Å²) in [7, 11) is 0. The maximum Gasteiger partial charge on any atom is 0.222 e. The molecule has 26 heavy (non-hydrogen) atoms. The number of carbonyl (C=O) groups excluding carboxylic acids is 1. The Bertz CT molecular complexity index is 588. The highest BCUT2D eigenvalue weighted by Gasteiger charge is 2.40. The van der Waals surface area contributed by atoms with Crippen LogP contribution in [-0.2, 0) is 11.3 Å². The number of amides is 1. The Morgan fingerprint density at radius 3 is 2.62 bits per heavy atom. The Labute approximate surface area is 160 Å². The van der Waals surface area contributed by atoms with Crippen LogP contribution in [0.25, 0.3) is 0 Å². The number of aromatic nitrogens is 2. The second-order valence-electron chi connectivity index (χ2n) is 7.48. The molecule has 0 bridgehead atoms. The quantitative estimate of drug-likeness (QED) is 0.579. The summed E-state index contributed by atoms with van der Waals surface area (Å²) in [5, 5.41) is 9.90. The van der Waals surface area contributed by atoms with Gasteiger partial charge in [-0.05, 0) is 49.9 Å². The third-order valence-electron chi connectivity index (χ3n) is 5.61. The Morgan fingerprint density at radius 2 is 1.96 bits per heavy atom. The molecule has 1 N–H and O–H groups in total. The summed E-state index contributed by atoms with van der Waals surface area (Å²) in [6, 6.07) is 0. The third kappa shape index (κ3) is 4.96. The van der Waals surface area contributed by atoms with Crippen molar-refractivity contribution >= 4 is 17.7 Å². The van der Waals surface area contributed by atoms with E-state index in [9.17, 15) is 4.79 Å². The number of aliphatic hydroxyl groups excluding tert-OH is 1. The highest BCUT2D eigenvalue weighted by atomic mass is 32.2. The standard InChI is InChI=1S/C19H30N4O2S/c1-2-26-18-20-12-16(13-21-18)14-22-9-6-19(7-10-22)5-4-17(25)23(15-19)8-3-11-24/h12-13,24H,2-11,14-15H2,1H3. The fourth-order valence-corrected chi connectivity index (χ4v) is 4.56. The van der Waals surface area contributed by atoms with Crippen LogP contribution in [0.15, 0.2) is 17.6 Å². The zero-order chi connectivity index (χ0) is 18.4. The van der Waals surface area contributed by atoms with Crippen molar-refractivity contribution in [3.63, 3.8) is 0 Å². The fourth-order valence-electron chi connectivity index (χ4n) is 4.05. The molecular weight excluding hydrogens is 348 g/mol. The zero-order valence-corrected chi connectivity index (χ0v) is 16.5. The summed E-state index contributed by atoms with van der Waals surface area (Å²) in [6.45, 7) is 6.85. The predicted octanol–water partition coefficient (Wildman–Crippen LogP) is 2.18. The number of piperidine rings is 2. The van der Waals surface area contributed by atoms with Gasteiger partial charge in [-0.15, -0.1) is 0 Å². The van der Waals surface area contributed by atoms with Gasteiger partial charge in [-0.25, -0.2) is 9.97 Å². The maximum atomic E-state index is 12.1. The van der Waals surface area contributed by atoms with Crippen LogP contribution in [0, 0.1) is 5.41 Å². The largest absolute Gasteiger partial charge is 0.396 e. The van der Waals surface area contributed by atoms with Gasteiger partial charge in [0.15, 0.2) is 5.16 Å². The maximum absolute atomic E-state index is 12.1. The van der Waals surface area contributed by atoms with Gasteiger partial charge in [0, 0.05) is 50.6 Å². The predicted molar refractivity (Wildman–Crippen MR) is 103 cm³/mol. The Hall–Kier alpha value is -1.18. The van der Waals surface area contributed by atoms with E-state index in [1.165, 1.54) is 5.56 Å². The number of rotatable bonds is 7. The molecule has 0 radical (unpaired) electrons. The van der Waals surface area contributed by atoms with E-state index in [1.807, 2.05) is 17.3 Å². The van der Waals surface area contributed by atoms with E-state index >= 15 is 0 Å². The van der Waals surface area contributed by atoms with Gasteiger partial charge in [0.25, 0.3) is 0 Å². The van der Waals surface area contributed by atoms with Gasteiger partial charge in [0.1, 0.15) is 0 Å². The highest BCUT2D eigenvalue weighted by Crippen LogP contribution is 2.40. The first-order valence-corrected chi connectivity index (χ1v) is 10.7. The molecule has 2 aliphatic heterocycles. The lowest BCUT2D eigenvalue weighted by Gasteiger charge is -2.47.